The van der Waals surface area contributed by atoms with Gasteiger partial charge in [0.1, 0.15) is 5.82 Å². The average Bonchev–Trinajstić information content (AvgIpc) is 2.33. The molecule has 3 N–H and O–H groups in total. The predicted octanol–water partition coefficient (Wildman–Crippen LogP) is 2.69. The molecule has 2 aromatic carbocycles. The van der Waals surface area contributed by atoms with Gasteiger partial charge in [0, 0.05) is 5.56 Å². The molecular weight excluding hydrogens is 215 g/mol. The van der Waals surface area contributed by atoms with Crippen molar-refractivity contribution < 1.29 is 4.39 Å². The van der Waals surface area contributed by atoms with Crippen molar-refractivity contribution in [2.24, 2.45) is 5.84 Å². The van der Waals surface area contributed by atoms with Gasteiger partial charge in [0.15, 0.2) is 0 Å². The van der Waals surface area contributed by atoms with Crippen LogP contribution >= 0.6 is 0 Å². The monoisotopic (exact) mass is 230 g/mol. The van der Waals surface area contributed by atoms with Crippen molar-refractivity contribution >= 4 is 0 Å². The van der Waals surface area contributed by atoms with Crippen LogP contribution in [-0.2, 0) is 0 Å². The van der Waals surface area contributed by atoms with Crippen LogP contribution in [0.15, 0.2) is 48.5 Å². The van der Waals surface area contributed by atoms with Crippen molar-refractivity contribution in [1.82, 2.24) is 5.43 Å². The Morgan fingerprint density at radius 3 is 2.53 bits per heavy atom. The number of halogens is 1. The molecule has 0 saturated heterocycles. The molecule has 0 amide bonds. The second kappa shape index (κ2) is 5.08. The van der Waals surface area contributed by atoms with E-state index in [9.17, 15) is 4.39 Å². The Balaban J connectivity index is 2.44. The van der Waals surface area contributed by atoms with E-state index in [2.05, 4.69) is 5.43 Å². The Bertz CT molecular complexity index is 511. The molecule has 0 bridgehead atoms. The largest absolute Gasteiger partial charge is 0.271 e. The third-order valence-corrected chi connectivity index (χ3v) is 2.76. The van der Waals surface area contributed by atoms with Crippen LogP contribution in [0.2, 0.25) is 0 Å². The Kier molecular flexibility index (Phi) is 3.52. The van der Waals surface area contributed by atoms with Crippen molar-refractivity contribution in [3.63, 3.8) is 0 Å². The van der Waals surface area contributed by atoms with Gasteiger partial charge in [-0.05, 0) is 18.6 Å². The van der Waals surface area contributed by atoms with E-state index < -0.39 is 0 Å². The summed E-state index contributed by atoms with van der Waals surface area (Å²) in [5.74, 6) is 5.29. The average molecular weight is 230 g/mol. The molecule has 2 aromatic rings. The van der Waals surface area contributed by atoms with Gasteiger partial charge in [0.2, 0.25) is 0 Å². The van der Waals surface area contributed by atoms with Crippen LogP contribution in [0.25, 0.3) is 0 Å². The molecule has 0 heterocycles. The van der Waals surface area contributed by atoms with Gasteiger partial charge in [-0.1, -0.05) is 48.0 Å². The summed E-state index contributed by atoms with van der Waals surface area (Å²) in [6.07, 6.45) is 0. The van der Waals surface area contributed by atoms with E-state index in [0.717, 1.165) is 11.1 Å². The van der Waals surface area contributed by atoms with Crippen LogP contribution < -0.4 is 11.3 Å². The molecule has 0 aliphatic heterocycles. The minimum Gasteiger partial charge on any atom is -0.271 e. The highest BCUT2D eigenvalue weighted by atomic mass is 19.1. The number of nitrogens with one attached hydrogen (secondary N) is 1. The molecule has 0 saturated carbocycles. The molecular formula is C14H15FN2. The van der Waals surface area contributed by atoms with Gasteiger partial charge in [-0.25, -0.2) is 9.82 Å². The Morgan fingerprint density at radius 2 is 1.88 bits per heavy atom. The Hall–Kier alpha value is -1.71. The van der Waals surface area contributed by atoms with Crippen LogP contribution in [0, 0.1) is 12.7 Å². The van der Waals surface area contributed by atoms with Gasteiger partial charge in [0.05, 0.1) is 6.04 Å². The summed E-state index contributed by atoms with van der Waals surface area (Å²) in [7, 11) is 0. The third kappa shape index (κ3) is 2.52. The molecule has 2 rings (SSSR count). The van der Waals surface area contributed by atoms with E-state index in [1.807, 2.05) is 31.2 Å². The molecule has 0 aliphatic carbocycles. The Labute approximate surface area is 100 Å². The quantitative estimate of drug-likeness (QED) is 0.628. The zero-order valence-electron chi connectivity index (χ0n) is 9.65. The number of benzene rings is 2. The highest BCUT2D eigenvalue weighted by Gasteiger charge is 2.15. The molecule has 17 heavy (non-hydrogen) atoms. The normalized spacial score (nSPS) is 12.4. The number of hydrazine groups is 1. The van der Waals surface area contributed by atoms with Gasteiger partial charge >= 0.3 is 0 Å². The van der Waals surface area contributed by atoms with Crippen molar-refractivity contribution in [3.05, 3.63) is 71.0 Å². The topological polar surface area (TPSA) is 38.0 Å². The van der Waals surface area contributed by atoms with Crippen molar-refractivity contribution in [3.8, 4) is 0 Å². The minimum absolute atomic E-state index is 0.253. The number of hydrogen-bond acceptors (Lipinski definition) is 2. The first kappa shape index (κ1) is 11.8. The van der Waals surface area contributed by atoms with E-state index >= 15 is 0 Å². The molecule has 0 radical (unpaired) electrons. The van der Waals surface area contributed by atoms with Crippen LogP contribution in [-0.4, -0.2) is 0 Å². The van der Waals surface area contributed by atoms with Crippen LogP contribution in [0.4, 0.5) is 4.39 Å². The summed E-state index contributed by atoms with van der Waals surface area (Å²) in [6, 6.07) is 14.2. The fraction of sp³-hybridized carbons (Fsp3) is 0.143. The standard InChI is InChI=1S/C14H15FN2/c1-10-5-4-6-11(9-10)14(17-16)12-7-2-3-8-13(12)15/h2-9,14,17H,16H2,1H3. The number of rotatable bonds is 3. The zero-order chi connectivity index (χ0) is 12.3. The van der Waals surface area contributed by atoms with Crippen molar-refractivity contribution in [2.45, 2.75) is 13.0 Å². The zero-order valence-corrected chi connectivity index (χ0v) is 9.65. The number of aryl methyl sites for hydroxylation is 1. The third-order valence-electron chi connectivity index (χ3n) is 2.76. The summed E-state index contributed by atoms with van der Waals surface area (Å²) < 4.78 is 13.7. The lowest BCUT2D eigenvalue weighted by Gasteiger charge is -2.17. The first-order valence-electron chi connectivity index (χ1n) is 5.49. The molecule has 3 heteroatoms. The van der Waals surface area contributed by atoms with Crippen LogP contribution in [0.1, 0.15) is 22.7 Å². The first-order chi connectivity index (χ1) is 8.22. The van der Waals surface area contributed by atoms with Gasteiger partial charge in [0.25, 0.3) is 0 Å². The van der Waals surface area contributed by atoms with Gasteiger partial charge < -0.3 is 0 Å². The molecule has 2 nitrogen and oxygen atoms in total. The maximum Gasteiger partial charge on any atom is 0.128 e. The van der Waals surface area contributed by atoms with Crippen LogP contribution in [0.3, 0.4) is 0 Å². The molecule has 1 atom stereocenters. The van der Waals surface area contributed by atoms with E-state index in [4.69, 9.17) is 5.84 Å². The lowest BCUT2D eigenvalue weighted by atomic mass is 9.97. The summed E-state index contributed by atoms with van der Waals surface area (Å²) >= 11 is 0. The summed E-state index contributed by atoms with van der Waals surface area (Å²) in [5, 5.41) is 0. The van der Waals surface area contributed by atoms with Gasteiger partial charge in [-0.2, -0.15) is 0 Å². The second-order valence-electron chi connectivity index (χ2n) is 4.04. The van der Waals surface area contributed by atoms with E-state index in [0.29, 0.717) is 5.56 Å². The lowest BCUT2D eigenvalue weighted by Crippen LogP contribution is -2.29. The van der Waals surface area contributed by atoms with Crippen molar-refractivity contribution in [2.75, 3.05) is 0 Å². The fourth-order valence-corrected chi connectivity index (χ4v) is 1.92. The maximum absolute atomic E-state index is 13.7. The van der Waals surface area contributed by atoms with Crippen molar-refractivity contribution in [1.29, 1.82) is 0 Å². The highest BCUT2D eigenvalue weighted by Crippen LogP contribution is 2.24. The molecule has 0 spiro atoms. The molecule has 0 aromatic heterocycles. The summed E-state index contributed by atoms with van der Waals surface area (Å²) in [4.78, 5) is 0. The van der Waals surface area contributed by atoms with Gasteiger partial charge in [-0.3, -0.25) is 5.84 Å². The SMILES string of the molecule is Cc1cccc(C(NN)c2ccccc2F)c1. The minimum atomic E-state index is -0.323. The number of nitrogens with two attached hydrogens (primary N) is 1. The summed E-state index contributed by atoms with van der Waals surface area (Å²) in [6.45, 7) is 2.00. The molecule has 0 fully saturated rings. The molecule has 0 aliphatic rings. The highest BCUT2D eigenvalue weighted by molar-refractivity contribution is 5.34. The predicted molar refractivity (Wildman–Crippen MR) is 66.7 cm³/mol. The fourth-order valence-electron chi connectivity index (χ4n) is 1.92. The molecule has 1 unspecified atom stereocenters. The van der Waals surface area contributed by atoms with E-state index in [1.165, 1.54) is 6.07 Å². The first-order valence-corrected chi connectivity index (χ1v) is 5.49. The number of hydrogen-bond donors (Lipinski definition) is 2. The van der Waals surface area contributed by atoms with E-state index in [-0.39, 0.29) is 11.9 Å². The lowest BCUT2D eigenvalue weighted by molar-refractivity contribution is 0.560. The van der Waals surface area contributed by atoms with Crippen LogP contribution in [0.5, 0.6) is 0 Å². The van der Waals surface area contributed by atoms with E-state index in [1.54, 1.807) is 18.2 Å². The van der Waals surface area contributed by atoms with Gasteiger partial charge in [-0.15, -0.1) is 0 Å². The smallest absolute Gasteiger partial charge is 0.128 e. The summed E-state index contributed by atoms with van der Waals surface area (Å²) in [5.41, 5.74) is 5.30. The molecule has 88 valence electrons. The second-order valence-corrected chi connectivity index (χ2v) is 4.04. The Morgan fingerprint density at radius 1 is 1.12 bits per heavy atom. The maximum atomic E-state index is 13.7.